The summed E-state index contributed by atoms with van der Waals surface area (Å²) in [5.41, 5.74) is 6.87. The van der Waals surface area contributed by atoms with Crippen molar-refractivity contribution in [3.63, 3.8) is 0 Å². The van der Waals surface area contributed by atoms with Crippen molar-refractivity contribution >= 4 is 6.03 Å². The van der Waals surface area contributed by atoms with E-state index in [1.54, 1.807) is 23.1 Å². The van der Waals surface area contributed by atoms with E-state index >= 15 is 0 Å². The second-order valence-corrected chi connectivity index (χ2v) is 8.29. The van der Waals surface area contributed by atoms with Crippen molar-refractivity contribution < 1.29 is 27.4 Å². The number of likely N-dealkylation sites (tertiary alicyclic amines) is 1. The van der Waals surface area contributed by atoms with Gasteiger partial charge in [0.05, 0.1) is 18.8 Å². The number of hydrogen-bond donors (Lipinski definition) is 2. The van der Waals surface area contributed by atoms with E-state index in [0.717, 1.165) is 38.5 Å². The van der Waals surface area contributed by atoms with E-state index in [-0.39, 0.29) is 35.9 Å². The SMILES string of the molecule is CCNC(=O)N1CCC[C@H](N)C1COC1CCC(c2ccccc2OC(F)(F)F)CC1. The molecule has 2 atom stereocenters. The number of carbonyl (C=O) groups excluding carboxylic acids is 1. The van der Waals surface area contributed by atoms with E-state index in [1.165, 1.54) is 6.07 Å². The first-order chi connectivity index (χ1) is 14.8. The summed E-state index contributed by atoms with van der Waals surface area (Å²) in [6.45, 7) is 3.48. The number of nitrogens with zero attached hydrogens (tertiary/aromatic N) is 1. The van der Waals surface area contributed by atoms with Gasteiger partial charge in [0.2, 0.25) is 0 Å². The number of rotatable bonds is 6. The first-order valence-corrected chi connectivity index (χ1v) is 11.0. The van der Waals surface area contributed by atoms with Gasteiger partial charge in [-0.15, -0.1) is 13.2 Å². The van der Waals surface area contributed by atoms with Crippen LogP contribution < -0.4 is 15.8 Å². The molecular weight excluding hydrogens is 411 g/mol. The third kappa shape index (κ3) is 6.49. The second-order valence-electron chi connectivity index (χ2n) is 8.29. The fraction of sp³-hybridized carbons (Fsp3) is 0.682. The van der Waals surface area contributed by atoms with E-state index in [0.29, 0.717) is 25.3 Å². The molecule has 1 unspecified atom stereocenters. The van der Waals surface area contributed by atoms with Gasteiger partial charge in [-0.05, 0) is 63.0 Å². The van der Waals surface area contributed by atoms with Crippen LogP contribution in [0, 0.1) is 0 Å². The largest absolute Gasteiger partial charge is 0.573 e. The Balaban J connectivity index is 1.54. The molecule has 1 saturated heterocycles. The summed E-state index contributed by atoms with van der Waals surface area (Å²) in [5.74, 6) is -0.118. The number of hydrogen-bond acceptors (Lipinski definition) is 4. The second kappa shape index (κ2) is 10.5. The zero-order valence-electron chi connectivity index (χ0n) is 17.9. The lowest BCUT2D eigenvalue weighted by atomic mass is 9.82. The van der Waals surface area contributed by atoms with Gasteiger partial charge in [-0.1, -0.05) is 18.2 Å². The summed E-state index contributed by atoms with van der Waals surface area (Å²) >= 11 is 0. The van der Waals surface area contributed by atoms with Crippen LogP contribution >= 0.6 is 0 Å². The first kappa shape index (κ1) is 23.7. The molecule has 1 saturated carbocycles. The molecule has 1 heterocycles. The highest BCUT2D eigenvalue weighted by Gasteiger charge is 2.35. The summed E-state index contributed by atoms with van der Waals surface area (Å²) in [6.07, 6.45) is -0.0317. The number of piperidine rings is 1. The Labute approximate surface area is 181 Å². The van der Waals surface area contributed by atoms with Crippen LogP contribution in [0.5, 0.6) is 5.75 Å². The Morgan fingerprint density at radius 3 is 2.58 bits per heavy atom. The lowest BCUT2D eigenvalue weighted by molar-refractivity contribution is -0.275. The topological polar surface area (TPSA) is 76.8 Å². The van der Waals surface area contributed by atoms with Crippen molar-refractivity contribution in [3.8, 4) is 5.75 Å². The maximum atomic E-state index is 12.7. The number of benzene rings is 1. The predicted octanol–water partition coefficient (Wildman–Crippen LogP) is 4.15. The van der Waals surface area contributed by atoms with E-state index in [4.69, 9.17) is 10.5 Å². The van der Waals surface area contributed by atoms with Crippen molar-refractivity contribution in [1.82, 2.24) is 10.2 Å². The van der Waals surface area contributed by atoms with Crippen molar-refractivity contribution in [3.05, 3.63) is 29.8 Å². The standard InChI is InChI=1S/C22H32F3N3O3/c1-2-27-21(29)28-13-5-7-18(26)19(28)14-30-16-11-9-15(10-12-16)17-6-3-4-8-20(17)31-22(23,24)25/h3-4,6,8,15-16,18-19H,2,5,7,9-14,26H2,1H3,(H,27,29)/t15?,16?,18-,19?/m0/s1. The molecular formula is C22H32F3N3O3. The van der Waals surface area contributed by atoms with Crippen LogP contribution in [0.25, 0.3) is 0 Å². The van der Waals surface area contributed by atoms with Gasteiger partial charge in [-0.3, -0.25) is 0 Å². The Morgan fingerprint density at radius 2 is 1.90 bits per heavy atom. The van der Waals surface area contributed by atoms with Crippen molar-refractivity contribution in [2.24, 2.45) is 5.73 Å². The number of halogens is 3. The van der Waals surface area contributed by atoms with E-state index in [1.807, 2.05) is 6.92 Å². The molecule has 6 nitrogen and oxygen atoms in total. The summed E-state index contributed by atoms with van der Waals surface area (Å²) in [4.78, 5) is 14.1. The van der Waals surface area contributed by atoms with Crippen LogP contribution in [-0.2, 0) is 4.74 Å². The number of para-hydroxylation sites is 1. The maximum Gasteiger partial charge on any atom is 0.573 e. The summed E-state index contributed by atoms with van der Waals surface area (Å²) < 4.78 is 48.5. The van der Waals surface area contributed by atoms with Crippen molar-refractivity contribution in [2.75, 3.05) is 19.7 Å². The van der Waals surface area contributed by atoms with Gasteiger partial charge < -0.3 is 25.4 Å². The molecule has 0 aromatic heterocycles. The molecule has 0 bridgehead atoms. The fourth-order valence-electron chi connectivity index (χ4n) is 4.62. The van der Waals surface area contributed by atoms with Gasteiger partial charge in [0, 0.05) is 19.1 Å². The summed E-state index contributed by atoms with van der Waals surface area (Å²) in [5, 5.41) is 2.83. The van der Waals surface area contributed by atoms with Gasteiger partial charge in [0.1, 0.15) is 5.75 Å². The number of nitrogens with one attached hydrogen (secondary N) is 1. The van der Waals surface area contributed by atoms with Crippen LogP contribution in [0.2, 0.25) is 0 Å². The molecule has 1 aliphatic carbocycles. The normalized spacial score (nSPS) is 27.1. The molecule has 2 aliphatic rings. The van der Waals surface area contributed by atoms with Gasteiger partial charge >= 0.3 is 12.4 Å². The van der Waals surface area contributed by atoms with Gasteiger partial charge in [-0.25, -0.2) is 4.79 Å². The van der Waals surface area contributed by atoms with Crippen molar-refractivity contribution in [2.45, 2.75) is 75.9 Å². The quantitative estimate of drug-likeness (QED) is 0.693. The molecule has 1 aliphatic heterocycles. The fourth-order valence-corrected chi connectivity index (χ4v) is 4.62. The number of nitrogens with two attached hydrogens (primary N) is 1. The Bertz CT molecular complexity index is 723. The molecule has 3 N–H and O–H groups in total. The minimum absolute atomic E-state index is 0.00201. The molecule has 2 amide bonds. The van der Waals surface area contributed by atoms with Crippen molar-refractivity contribution in [1.29, 1.82) is 0 Å². The average molecular weight is 444 g/mol. The average Bonchev–Trinajstić information content (AvgIpc) is 2.72. The highest BCUT2D eigenvalue weighted by Crippen LogP contribution is 2.39. The molecule has 1 aromatic carbocycles. The third-order valence-electron chi connectivity index (χ3n) is 6.18. The lowest BCUT2D eigenvalue weighted by Crippen LogP contribution is -2.58. The van der Waals surface area contributed by atoms with E-state index in [9.17, 15) is 18.0 Å². The predicted molar refractivity (Wildman–Crippen MR) is 111 cm³/mol. The molecule has 1 aromatic rings. The highest BCUT2D eigenvalue weighted by atomic mass is 19.4. The third-order valence-corrected chi connectivity index (χ3v) is 6.18. The molecule has 31 heavy (non-hydrogen) atoms. The Morgan fingerprint density at radius 1 is 1.19 bits per heavy atom. The van der Waals surface area contributed by atoms with Gasteiger partial charge in [-0.2, -0.15) is 0 Å². The number of alkyl halides is 3. The summed E-state index contributed by atoms with van der Waals surface area (Å²) in [7, 11) is 0. The number of urea groups is 1. The van der Waals surface area contributed by atoms with Crippen LogP contribution in [0.1, 0.15) is 56.9 Å². The minimum Gasteiger partial charge on any atom is -0.405 e. The van der Waals surface area contributed by atoms with Gasteiger partial charge in [0.25, 0.3) is 0 Å². The van der Waals surface area contributed by atoms with E-state index < -0.39 is 6.36 Å². The molecule has 174 valence electrons. The maximum absolute atomic E-state index is 12.7. The molecule has 0 spiro atoms. The zero-order chi connectivity index (χ0) is 22.4. The van der Waals surface area contributed by atoms with Crippen LogP contribution in [0.15, 0.2) is 24.3 Å². The minimum atomic E-state index is -4.70. The monoisotopic (exact) mass is 443 g/mol. The molecule has 9 heteroatoms. The molecule has 0 radical (unpaired) electrons. The lowest BCUT2D eigenvalue weighted by Gasteiger charge is -2.40. The van der Waals surface area contributed by atoms with Crippen LogP contribution in [0.4, 0.5) is 18.0 Å². The number of carbonyl (C=O) groups is 1. The van der Waals surface area contributed by atoms with Gasteiger partial charge in [0.15, 0.2) is 0 Å². The zero-order valence-corrected chi connectivity index (χ0v) is 17.9. The van der Waals surface area contributed by atoms with Crippen LogP contribution in [0.3, 0.4) is 0 Å². The van der Waals surface area contributed by atoms with Crippen LogP contribution in [-0.4, -0.2) is 55.2 Å². The Kier molecular flexibility index (Phi) is 8.05. The molecule has 3 rings (SSSR count). The molecule has 2 fully saturated rings. The highest BCUT2D eigenvalue weighted by molar-refractivity contribution is 5.74. The smallest absolute Gasteiger partial charge is 0.405 e. The van der Waals surface area contributed by atoms with E-state index in [2.05, 4.69) is 10.1 Å². The Hall–Kier alpha value is -2.00. The summed E-state index contributed by atoms with van der Waals surface area (Å²) in [6, 6.07) is 5.95. The number of amides is 2. The number of ether oxygens (including phenoxy) is 2. The first-order valence-electron chi connectivity index (χ1n) is 11.0.